The van der Waals surface area contributed by atoms with Crippen molar-refractivity contribution in [2.75, 3.05) is 0 Å². The SMILES string of the molecule is N#CCc1ccc(C(F)(F)F)nc1C(F)F. The lowest BCUT2D eigenvalue weighted by Crippen LogP contribution is -2.11. The van der Waals surface area contributed by atoms with Crippen LogP contribution in [0.15, 0.2) is 12.1 Å². The first-order valence-corrected chi connectivity index (χ1v) is 4.08. The molecule has 7 heteroatoms. The van der Waals surface area contributed by atoms with E-state index in [0.717, 1.165) is 6.07 Å². The molecule has 0 N–H and O–H groups in total. The number of halogens is 5. The first kappa shape index (κ1) is 12.4. The van der Waals surface area contributed by atoms with Gasteiger partial charge in [0.15, 0.2) is 0 Å². The molecular weight excluding hydrogens is 231 g/mol. The van der Waals surface area contributed by atoms with Gasteiger partial charge in [-0.2, -0.15) is 18.4 Å². The molecule has 16 heavy (non-hydrogen) atoms. The lowest BCUT2D eigenvalue weighted by molar-refractivity contribution is -0.141. The Balaban J connectivity index is 3.24. The summed E-state index contributed by atoms with van der Waals surface area (Å²) >= 11 is 0. The van der Waals surface area contributed by atoms with Crippen LogP contribution in [-0.2, 0) is 12.6 Å². The molecule has 0 aliphatic carbocycles. The van der Waals surface area contributed by atoms with Gasteiger partial charge in [-0.25, -0.2) is 13.8 Å². The van der Waals surface area contributed by atoms with Crippen molar-refractivity contribution in [1.82, 2.24) is 4.98 Å². The largest absolute Gasteiger partial charge is 0.433 e. The van der Waals surface area contributed by atoms with Gasteiger partial charge in [-0.3, -0.25) is 0 Å². The molecule has 86 valence electrons. The number of hydrogen-bond donors (Lipinski definition) is 0. The average Bonchev–Trinajstić information content (AvgIpc) is 2.16. The summed E-state index contributed by atoms with van der Waals surface area (Å²) in [5.41, 5.74) is -2.56. The molecule has 0 saturated heterocycles. The third-order valence-corrected chi connectivity index (χ3v) is 1.78. The Hall–Kier alpha value is -1.71. The number of nitriles is 1. The first-order chi connectivity index (χ1) is 7.36. The highest BCUT2D eigenvalue weighted by atomic mass is 19.4. The quantitative estimate of drug-likeness (QED) is 0.740. The van der Waals surface area contributed by atoms with Crippen molar-refractivity contribution in [3.05, 3.63) is 29.1 Å². The van der Waals surface area contributed by atoms with Crippen molar-refractivity contribution in [2.24, 2.45) is 0 Å². The van der Waals surface area contributed by atoms with Crippen LogP contribution in [0.1, 0.15) is 23.4 Å². The molecule has 0 unspecified atom stereocenters. The fourth-order valence-electron chi connectivity index (χ4n) is 1.09. The standard InChI is InChI=1S/C9H5F5N2/c10-8(11)7-5(3-4-15)1-2-6(16-7)9(12,13)14/h1-2,8H,3H2. The van der Waals surface area contributed by atoms with E-state index in [2.05, 4.69) is 4.98 Å². The highest BCUT2D eigenvalue weighted by Crippen LogP contribution is 2.30. The van der Waals surface area contributed by atoms with Crippen LogP contribution in [0.4, 0.5) is 22.0 Å². The molecule has 0 aromatic carbocycles. The molecule has 0 bridgehead atoms. The van der Waals surface area contributed by atoms with Crippen LogP contribution < -0.4 is 0 Å². The van der Waals surface area contributed by atoms with Gasteiger partial charge in [0.2, 0.25) is 0 Å². The molecule has 0 fully saturated rings. The highest BCUT2D eigenvalue weighted by Gasteiger charge is 2.33. The van der Waals surface area contributed by atoms with Crippen molar-refractivity contribution in [1.29, 1.82) is 5.26 Å². The van der Waals surface area contributed by atoms with E-state index < -0.39 is 30.4 Å². The van der Waals surface area contributed by atoms with Crippen molar-refractivity contribution in [3.63, 3.8) is 0 Å². The fourth-order valence-corrected chi connectivity index (χ4v) is 1.09. The van der Waals surface area contributed by atoms with Crippen LogP contribution in [0.5, 0.6) is 0 Å². The Labute approximate surface area is 87.3 Å². The van der Waals surface area contributed by atoms with Crippen LogP contribution in [-0.4, -0.2) is 4.98 Å². The number of alkyl halides is 5. The average molecular weight is 236 g/mol. The number of hydrogen-bond acceptors (Lipinski definition) is 2. The van der Waals surface area contributed by atoms with Gasteiger partial charge < -0.3 is 0 Å². The zero-order valence-corrected chi connectivity index (χ0v) is 7.72. The molecule has 2 nitrogen and oxygen atoms in total. The monoisotopic (exact) mass is 236 g/mol. The molecule has 1 aromatic heterocycles. The highest BCUT2D eigenvalue weighted by molar-refractivity contribution is 5.27. The topological polar surface area (TPSA) is 36.7 Å². The predicted molar refractivity (Wildman–Crippen MR) is 43.5 cm³/mol. The van der Waals surface area contributed by atoms with Crippen molar-refractivity contribution in [3.8, 4) is 6.07 Å². The van der Waals surface area contributed by atoms with E-state index in [0.29, 0.717) is 6.07 Å². The van der Waals surface area contributed by atoms with E-state index in [1.807, 2.05) is 0 Å². The minimum absolute atomic E-state index is 0.189. The molecule has 0 atom stereocenters. The third-order valence-electron chi connectivity index (χ3n) is 1.78. The lowest BCUT2D eigenvalue weighted by Gasteiger charge is -2.10. The third kappa shape index (κ3) is 2.66. The Bertz CT molecular complexity index is 419. The second-order valence-electron chi connectivity index (χ2n) is 2.87. The Kier molecular flexibility index (Phi) is 3.42. The van der Waals surface area contributed by atoms with Gasteiger partial charge in [0.1, 0.15) is 11.4 Å². The molecule has 0 spiro atoms. The molecule has 0 aliphatic heterocycles. The maximum Gasteiger partial charge on any atom is 0.433 e. The number of aromatic nitrogens is 1. The maximum atomic E-state index is 12.4. The number of rotatable bonds is 2. The van der Waals surface area contributed by atoms with Crippen molar-refractivity contribution in [2.45, 2.75) is 19.0 Å². The van der Waals surface area contributed by atoms with E-state index >= 15 is 0 Å². The maximum absolute atomic E-state index is 12.4. The Morgan fingerprint density at radius 1 is 1.31 bits per heavy atom. The van der Waals surface area contributed by atoms with E-state index in [4.69, 9.17) is 5.26 Å². The van der Waals surface area contributed by atoms with E-state index in [9.17, 15) is 22.0 Å². The summed E-state index contributed by atoms with van der Waals surface area (Å²) in [6, 6.07) is 3.01. The van der Waals surface area contributed by atoms with Crippen LogP contribution in [0.25, 0.3) is 0 Å². The van der Waals surface area contributed by atoms with Crippen LogP contribution >= 0.6 is 0 Å². The molecule has 1 aromatic rings. The summed E-state index contributed by atoms with van der Waals surface area (Å²) in [4.78, 5) is 2.84. The summed E-state index contributed by atoms with van der Waals surface area (Å²) in [6.45, 7) is 0. The molecular formula is C9H5F5N2. The minimum atomic E-state index is -4.77. The zero-order valence-electron chi connectivity index (χ0n) is 7.72. The fraction of sp³-hybridized carbons (Fsp3) is 0.333. The van der Waals surface area contributed by atoms with Gasteiger partial charge in [-0.15, -0.1) is 0 Å². The summed E-state index contributed by atoms with van der Waals surface area (Å²) in [5.74, 6) is 0. The van der Waals surface area contributed by atoms with Crippen molar-refractivity contribution < 1.29 is 22.0 Å². The van der Waals surface area contributed by atoms with Crippen molar-refractivity contribution >= 4 is 0 Å². The summed E-state index contributed by atoms with van der Waals surface area (Å²) < 4.78 is 61.3. The molecule has 0 aliphatic rings. The van der Waals surface area contributed by atoms with Gasteiger partial charge in [0, 0.05) is 0 Å². The zero-order chi connectivity index (χ0) is 12.3. The summed E-state index contributed by atoms with van der Waals surface area (Å²) in [7, 11) is 0. The summed E-state index contributed by atoms with van der Waals surface area (Å²) in [6.07, 6.45) is -8.30. The summed E-state index contributed by atoms with van der Waals surface area (Å²) in [5, 5.41) is 8.31. The van der Waals surface area contributed by atoms with Gasteiger partial charge in [0.05, 0.1) is 12.5 Å². The van der Waals surface area contributed by atoms with Crippen LogP contribution in [0, 0.1) is 11.3 Å². The first-order valence-electron chi connectivity index (χ1n) is 4.08. The molecule has 0 radical (unpaired) electrons. The van der Waals surface area contributed by atoms with Gasteiger partial charge in [-0.05, 0) is 11.6 Å². The number of nitrogens with zero attached hydrogens (tertiary/aromatic N) is 2. The molecule has 0 amide bonds. The predicted octanol–water partition coefficient (Wildman–Crippen LogP) is 3.10. The molecule has 1 heterocycles. The normalized spacial score (nSPS) is 11.6. The molecule has 0 saturated carbocycles. The lowest BCUT2D eigenvalue weighted by atomic mass is 10.1. The van der Waals surface area contributed by atoms with Crippen LogP contribution in [0.3, 0.4) is 0 Å². The van der Waals surface area contributed by atoms with Crippen LogP contribution in [0.2, 0.25) is 0 Å². The van der Waals surface area contributed by atoms with E-state index in [1.54, 1.807) is 6.07 Å². The smallest absolute Gasteiger partial charge is 0.242 e. The minimum Gasteiger partial charge on any atom is -0.242 e. The Morgan fingerprint density at radius 3 is 2.38 bits per heavy atom. The second-order valence-corrected chi connectivity index (χ2v) is 2.87. The number of pyridine rings is 1. The van der Waals surface area contributed by atoms with E-state index in [-0.39, 0.29) is 5.56 Å². The van der Waals surface area contributed by atoms with Gasteiger partial charge in [-0.1, -0.05) is 6.07 Å². The van der Waals surface area contributed by atoms with Gasteiger partial charge in [0.25, 0.3) is 6.43 Å². The molecule has 1 rings (SSSR count). The second kappa shape index (κ2) is 4.43. The van der Waals surface area contributed by atoms with Gasteiger partial charge >= 0.3 is 6.18 Å². The van der Waals surface area contributed by atoms with E-state index in [1.165, 1.54) is 0 Å². The Morgan fingerprint density at radius 2 is 1.94 bits per heavy atom.